The fourth-order valence-electron chi connectivity index (χ4n) is 3.96. The smallest absolute Gasteiger partial charge is 0.258 e. The summed E-state index contributed by atoms with van der Waals surface area (Å²) >= 11 is 0. The number of hydrogen-bond donors (Lipinski definition) is 2. The molecule has 4 heterocycles. The highest BCUT2D eigenvalue weighted by atomic mass is 16.5. The SMILES string of the molecule is O=C(Nc1cnc2c(c1)COCC2)C1CN(Cc2nc3ccccc3c(=O)[nH]2)CCO1. The van der Waals surface area contributed by atoms with Crippen LogP contribution in [-0.4, -0.2) is 58.2 Å². The van der Waals surface area contributed by atoms with Crippen molar-refractivity contribution in [2.24, 2.45) is 0 Å². The van der Waals surface area contributed by atoms with Gasteiger partial charge < -0.3 is 19.8 Å². The zero-order valence-corrected chi connectivity index (χ0v) is 17.0. The van der Waals surface area contributed by atoms with E-state index in [1.807, 2.05) is 24.3 Å². The minimum Gasteiger partial charge on any atom is -0.376 e. The lowest BCUT2D eigenvalue weighted by atomic mass is 10.1. The molecule has 31 heavy (non-hydrogen) atoms. The molecule has 2 aromatic heterocycles. The van der Waals surface area contributed by atoms with Crippen molar-refractivity contribution in [1.82, 2.24) is 19.9 Å². The standard InChI is InChI=1S/C22H23N5O4/c28-21-16-3-1-2-4-18(16)25-20(26-21)12-27-6-8-31-19(11-27)22(29)24-15-9-14-13-30-7-5-17(14)23-10-15/h1-4,9-10,19H,5-8,11-13H2,(H,24,29)(H,25,26,28). The van der Waals surface area contributed by atoms with Crippen LogP contribution < -0.4 is 10.9 Å². The lowest BCUT2D eigenvalue weighted by Crippen LogP contribution is -2.47. The van der Waals surface area contributed by atoms with Gasteiger partial charge in [-0.2, -0.15) is 0 Å². The van der Waals surface area contributed by atoms with Crippen molar-refractivity contribution < 1.29 is 14.3 Å². The van der Waals surface area contributed by atoms with Gasteiger partial charge in [0.25, 0.3) is 11.5 Å². The summed E-state index contributed by atoms with van der Waals surface area (Å²) in [5.74, 6) is 0.354. The summed E-state index contributed by atoms with van der Waals surface area (Å²) in [5, 5.41) is 3.46. The number of benzene rings is 1. The topological polar surface area (TPSA) is 109 Å². The van der Waals surface area contributed by atoms with Gasteiger partial charge >= 0.3 is 0 Å². The van der Waals surface area contributed by atoms with Crippen LogP contribution in [0.1, 0.15) is 17.1 Å². The van der Waals surface area contributed by atoms with Crippen LogP contribution in [0.25, 0.3) is 10.9 Å². The van der Waals surface area contributed by atoms with Gasteiger partial charge in [-0.1, -0.05) is 12.1 Å². The number of aromatic amines is 1. The maximum absolute atomic E-state index is 12.8. The van der Waals surface area contributed by atoms with E-state index in [2.05, 4.69) is 25.2 Å². The molecule has 0 aliphatic carbocycles. The molecule has 1 unspecified atom stereocenters. The van der Waals surface area contributed by atoms with E-state index in [0.717, 1.165) is 17.7 Å². The molecular weight excluding hydrogens is 398 g/mol. The number of aromatic nitrogens is 3. The number of H-pyrrole nitrogens is 1. The Kier molecular flexibility index (Phi) is 5.46. The highest BCUT2D eigenvalue weighted by molar-refractivity contribution is 5.94. The summed E-state index contributed by atoms with van der Waals surface area (Å²) in [5.41, 5.74) is 3.15. The number of rotatable bonds is 4. The fourth-order valence-corrected chi connectivity index (χ4v) is 3.96. The molecule has 160 valence electrons. The minimum absolute atomic E-state index is 0.160. The highest BCUT2D eigenvalue weighted by Gasteiger charge is 2.27. The van der Waals surface area contributed by atoms with E-state index in [4.69, 9.17) is 9.47 Å². The van der Waals surface area contributed by atoms with Gasteiger partial charge in [0, 0.05) is 30.8 Å². The normalized spacial score (nSPS) is 19.2. The summed E-state index contributed by atoms with van der Waals surface area (Å²) in [6, 6.07) is 9.15. The molecule has 0 spiro atoms. The predicted molar refractivity (Wildman–Crippen MR) is 114 cm³/mol. The monoisotopic (exact) mass is 421 g/mol. The van der Waals surface area contributed by atoms with Crippen LogP contribution in [0.2, 0.25) is 0 Å². The molecule has 3 aromatic rings. The fraction of sp³-hybridized carbons (Fsp3) is 0.364. The number of nitrogens with one attached hydrogen (secondary N) is 2. The number of para-hydroxylation sites is 1. The van der Waals surface area contributed by atoms with Crippen molar-refractivity contribution in [3.8, 4) is 0 Å². The van der Waals surface area contributed by atoms with E-state index in [1.54, 1.807) is 12.3 Å². The quantitative estimate of drug-likeness (QED) is 0.652. The number of carbonyl (C=O) groups excluding carboxylic acids is 1. The summed E-state index contributed by atoms with van der Waals surface area (Å²) in [4.78, 5) is 38.9. The number of anilines is 1. The minimum atomic E-state index is -0.617. The van der Waals surface area contributed by atoms with Crippen LogP contribution in [0.3, 0.4) is 0 Å². The third-order valence-electron chi connectivity index (χ3n) is 5.55. The number of fused-ring (bicyclic) bond motifs is 2. The van der Waals surface area contributed by atoms with Crippen molar-refractivity contribution in [2.45, 2.75) is 25.7 Å². The van der Waals surface area contributed by atoms with E-state index in [1.165, 1.54) is 0 Å². The van der Waals surface area contributed by atoms with Crippen LogP contribution in [0, 0.1) is 0 Å². The van der Waals surface area contributed by atoms with E-state index < -0.39 is 6.10 Å². The molecule has 2 N–H and O–H groups in total. The molecule has 0 radical (unpaired) electrons. The number of morpholine rings is 1. The first-order valence-electron chi connectivity index (χ1n) is 10.3. The molecule has 0 saturated carbocycles. The number of amides is 1. The first kappa shape index (κ1) is 19.8. The first-order valence-corrected chi connectivity index (χ1v) is 10.3. The molecule has 1 atom stereocenters. The predicted octanol–water partition coefficient (Wildman–Crippen LogP) is 1.23. The van der Waals surface area contributed by atoms with E-state index >= 15 is 0 Å². The molecule has 1 aromatic carbocycles. The van der Waals surface area contributed by atoms with E-state index in [0.29, 0.717) is 61.9 Å². The Labute approximate surface area is 178 Å². The molecule has 2 aliphatic heterocycles. The summed E-state index contributed by atoms with van der Waals surface area (Å²) in [6.45, 7) is 3.10. The number of hydrogen-bond acceptors (Lipinski definition) is 7. The van der Waals surface area contributed by atoms with Crippen LogP contribution in [-0.2, 0) is 33.8 Å². The Morgan fingerprint density at radius 1 is 1.29 bits per heavy atom. The lowest BCUT2D eigenvalue weighted by Gasteiger charge is -2.31. The van der Waals surface area contributed by atoms with E-state index in [-0.39, 0.29) is 11.5 Å². The molecule has 0 bridgehead atoms. The second-order valence-corrected chi connectivity index (χ2v) is 7.75. The zero-order valence-electron chi connectivity index (χ0n) is 17.0. The second kappa shape index (κ2) is 8.54. The number of nitrogens with zero attached hydrogens (tertiary/aromatic N) is 3. The Hall–Kier alpha value is -3.14. The zero-order chi connectivity index (χ0) is 21.2. The van der Waals surface area contributed by atoms with Gasteiger partial charge in [-0.3, -0.25) is 19.5 Å². The third kappa shape index (κ3) is 4.34. The van der Waals surface area contributed by atoms with Gasteiger partial charge in [0.15, 0.2) is 0 Å². The average Bonchev–Trinajstić information content (AvgIpc) is 2.79. The summed E-state index contributed by atoms with van der Waals surface area (Å²) < 4.78 is 11.2. The van der Waals surface area contributed by atoms with Crippen LogP contribution >= 0.6 is 0 Å². The maximum atomic E-state index is 12.8. The summed E-state index contributed by atoms with van der Waals surface area (Å²) in [6.07, 6.45) is 1.84. The molecule has 5 rings (SSSR count). The third-order valence-corrected chi connectivity index (χ3v) is 5.55. The molecular formula is C22H23N5O4. The van der Waals surface area contributed by atoms with Crippen molar-refractivity contribution in [3.63, 3.8) is 0 Å². The van der Waals surface area contributed by atoms with Crippen molar-refractivity contribution >= 4 is 22.5 Å². The largest absolute Gasteiger partial charge is 0.376 e. The van der Waals surface area contributed by atoms with Gasteiger partial charge in [-0.25, -0.2) is 4.98 Å². The van der Waals surface area contributed by atoms with Gasteiger partial charge in [0.05, 0.1) is 49.2 Å². The number of carbonyl (C=O) groups is 1. The van der Waals surface area contributed by atoms with Gasteiger partial charge in [0.1, 0.15) is 11.9 Å². The maximum Gasteiger partial charge on any atom is 0.258 e. The molecule has 2 aliphatic rings. The van der Waals surface area contributed by atoms with Crippen LogP contribution in [0.15, 0.2) is 41.3 Å². The number of ether oxygens (including phenoxy) is 2. The molecule has 1 saturated heterocycles. The second-order valence-electron chi connectivity index (χ2n) is 7.75. The van der Waals surface area contributed by atoms with Crippen molar-refractivity contribution in [3.05, 3.63) is 64.0 Å². The molecule has 1 fully saturated rings. The van der Waals surface area contributed by atoms with E-state index in [9.17, 15) is 9.59 Å². The van der Waals surface area contributed by atoms with Gasteiger partial charge in [-0.15, -0.1) is 0 Å². The molecule has 9 nitrogen and oxygen atoms in total. The highest BCUT2D eigenvalue weighted by Crippen LogP contribution is 2.19. The lowest BCUT2D eigenvalue weighted by molar-refractivity contribution is -0.133. The first-order chi connectivity index (χ1) is 15.2. The van der Waals surface area contributed by atoms with Crippen molar-refractivity contribution in [1.29, 1.82) is 0 Å². The molecule has 9 heteroatoms. The Morgan fingerprint density at radius 2 is 2.19 bits per heavy atom. The van der Waals surface area contributed by atoms with Crippen molar-refractivity contribution in [2.75, 3.05) is 31.6 Å². The van der Waals surface area contributed by atoms with Gasteiger partial charge in [-0.05, 0) is 18.2 Å². The molecule has 1 amide bonds. The van der Waals surface area contributed by atoms with Crippen LogP contribution in [0.5, 0.6) is 0 Å². The average molecular weight is 421 g/mol. The van der Waals surface area contributed by atoms with Gasteiger partial charge in [0.2, 0.25) is 0 Å². The number of pyridine rings is 1. The summed E-state index contributed by atoms with van der Waals surface area (Å²) in [7, 11) is 0. The van der Waals surface area contributed by atoms with Crippen LogP contribution in [0.4, 0.5) is 5.69 Å². The Bertz CT molecular complexity index is 1180. The Morgan fingerprint density at radius 3 is 3.13 bits per heavy atom. The Balaban J connectivity index is 1.25.